The summed E-state index contributed by atoms with van der Waals surface area (Å²) in [7, 11) is -3.53. The van der Waals surface area contributed by atoms with Crippen molar-refractivity contribution in [1.29, 1.82) is 0 Å². The SMILES string of the molecule is CC(NS(=O)(=O)c1ccc(CN)o1)C1CC1. The Morgan fingerprint density at radius 2 is 2.25 bits per heavy atom. The lowest BCUT2D eigenvalue weighted by Crippen LogP contribution is -2.33. The van der Waals surface area contributed by atoms with Crippen LogP contribution in [0.4, 0.5) is 0 Å². The summed E-state index contributed by atoms with van der Waals surface area (Å²) in [5, 5.41) is -0.0551. The van der Waals surface area contributed by atoms with E-state index in [0.717, 1.165) is 12.8 Å². The molecule has 5 nitrogen and oxygen atoms in total. The van der Waals surface area contributed by atoms with Crippen LogP contribution in [0, 0.1) is 5.92 Å². The van der Waals surface area contributed by atoms with E-state index in [1.807, 2.05) is 6.92 Å². The summed E-state index contributed by atoms with van der Waals surface area (Å²) in [6, 6.07) is 2.98. The zero-order chi connectivity index (χ0) is 11.8. The molecular weight excluding hydrogens is 228 g/mol. The molecule has 1 aliphatic carbocycles. The minimum Gasteiger partial charge on any atom is -0.447 e. The van der Waals surface area contributed by atoms with Crippen LogP contribution < -0.4 is 10.5 Å². The van der Waals surface area contributed by atoms with Gasteiger partial charge in [-0.2, -0.15) is 0 Å². The molecule has 1 atom stereocenters. The summed E-state index contributed by atoms with van der Waals surface area (Å²) in [5.74, 6) is 0.943. The molecule has 16 heavy (non-hydrogen) atoms. The predicted octanol–water partition coefficient (Wildman–Crippen LogP) is 0.815. The van der Waals surface area contributed by atoms with Crippen molar-refractivity contribution in [3.8, 4) is 0 Å². The summed E-state index contributed by atoms with van der Waals surface area (Å²) >= 11 is 0. The Morgan fingerprint density at radius 1 is 1.56 bits per heavy atom. The van der Waals surface area contributed by atoms with Crippen molar-refractivity contribution in [2.24, 2.45) is 11.7 Å². The fourth-order valence-electron chi connectivity index (χ4n) is 1.61. The molecule has 0 radical (unpaired) electrons. The van der Waals surface area contributed by atoms with E-state index < -0.39 is 10.0 Å². The summed E-state index contributed by atoms with van der Waals surface area (Å²) in [6.07, 6.45) is 2.19. The molecule has 0 aliphatic heterocycles. The number of hydrogen-bond donors (Lipinski definition) is 2. The highest BCUT2D eigenvalue weighted by Gasteiger charge is 2.32. The van der Waals surface area contributed by atoms with Crippen molar-refractivity contribution >= 4 is 10.0 Å². The van der Waals surface area contributed by atoms with Gasteiger partial charge in [0.15, 0.2) is 0 Å². The Morgan fingerprint density at radius 3 is 2.75 bits per heavy atom. The average Bonchev–Trinajstić information content (AvgIpc) is 2.95. The van der Waals surface area contributed by atoms with E-state index in [9.17, 15) is 8.42 Å². The first-order chi connectivity index (χ1) is 7.53. The molecule has 1 heterocycles. The molecule has 2 rings (SSSR count). The molecule has 3 N–H and O–H groups in total. The van der Waals surface area contributed by atoms with E-state index in [-0.39, 0.29) is 17.7 Å². The molecule has 0 aromatic carbocycles. The summed E-state index contributed by atoms with van der Waals surface area (Å²) in [6.45, 7) is 2.08. The van der Waals surface area contributed by atoms with Gasteiger partial charge in [0, 0.05) is 6.04 Å². The van der Waals surface area contributed by atoms with Crippen molar-refractivity contribution in [2.75, 3.05) is 0 Å². The fourth-order valence-corrected chi connectivity index (χ4v) is 2.87. The van der Waals surface area contributed by atoms with E-state index >= 15 is 0 Å². The van der Waals surface area contributed by atoms with Crippen molar-refractivity contribution < 1.29 is 12.8 Å². The lowest BCUT2D eigenvalue weighted by molar-refractivity contribution is 0.409. The number of rotatable bonds is 5. The molecular formula is C10H16N2O3S. The molecule has 1 unspecified atom stereocenters. The molecule has 90 valence electrons. The Hall–Kier alpha value is -0.850. The van der Waals surface area contributed by atoms with Crippen molar-refractivity contribution in [3.63, 3.8) is 0 Å². The van der Waals surface area contributed by atoms with Crippen molar-refractivity contribution in [1.82, 2.24) is 4.72 Å². The van der Waals surface area contributed by atoms with Crippen LogP contribution in [0.1, 0.15) is 25.5 Å². The molecule has 1 aromatic rings. The maximum absolute atomic E-state index is 11.9. The van der Waals surface area contributed by atoms with Gasteiger partial charge in [0.05, 0.1) is 6.54 Å². The highest BCUT2D eigenvalue weighted by Crippen LogP contribution is 2.33. The van der Waals surface area contributed by atoms with Crippen molar-refractivity contribution in [2.45, 2.75) is 37.4 Å². The van der Waals surface area contributed by atoms with Gasteiger partial charge in [-0.1, -0.05) is 0 Å². The quantitative estimate of drug-likeness (QED) is 0.802. The van der Waals surface area contributed by atoms with E-state index in [4.69, 9.17) is 10.2 Å². The highest BCUT2D eigenvalue weighted by molar-refractivity contribution is 7.89. The molecule has 1 aliphatic rings. The van der Waals surface area contributed by atoms with Gasteiger partial charge in [0.2, 0.25) is 5.09 Å². The largest absolute Gasteiger partial charge is 0.447 e. The average molecular weight is 244 g/mol. The lowest BCUT2D eigenvalue weighted by atomic mass is 10.2. The number of sulfonamides is 1. The second-order valence-electron chi connectivity index (χ2n) is 4.17. The van der Waals surface area contributed by atoms with E-state index in [1.54, 1.807) is 6.07 Å². The lowest BCUT2D eigenvalue weighted by Gasteiger charge is -2.11. The topological polar surface area (TPSA) is 85.3 Å². The number of hydrogen-bond acceptors (Lipinski definition) is 4. The van der Waals surface area contributed by atoms with Crippen LogP contribution in [0.2, 0.25) is 0 Å². The van der Waals surface area contributed by atoms with Gasteiger partial charge in [-0.05, 0) is 37.8 Å². The van der Waals surface area contributed by atoms with E-state index in [0.29, 0.717) is 11.7 Å². The first-order valence-corrected chi connectivity index (χ1v) is 6.82. The van der Waals surface area contributed by atoms with Gasteiger partial charge in [0.25, 0.3) is 10.0 Å². The molecule has 0 bridgehead atoms. The smallest absolute Gasteiger partial charge is 0.274 e. The van der Waals surface area contributed by atoms with Gasteiger partial charge >= 0.3 is 0 Å². The third kappa shape index (κ3) is 2.45. The third-order valence-electron chi connectivity index (χ3n) is 2.77. The number of nitrogens with two attached hydrogens (primary N) is 1. The van der Waals surface area contributed by atoms with Gasteiger partial charge in [-0.15, -0.1) is 0 Å². The first-order valence-electron chi connectivity index (χ1n) is 5.34. The third-order valence-corrected chi connectivity index (χ3v) is 4.20. The molecule has 0 saturated heterocycles. The Kier molecular flexibility index (Phi) is 3.05. The van der Waals surface area contributed by atoms with E-state index in [1.165, 1.54) is 6.07 Å². The van der Waals surface area contributed by atoms with Gasteiger partial charge in [0.1, 0.15) is 5.76 Å². The highest BCUT2D eigenvalue weighted by atomic mass is 32.2. The number of furan rings is 1. The minimum absolute atomic E-state index is 0.0311. The van der Waals surface area contributed by atoms with Crippen molar-refractivity contribution in [3.05, 3.63) is 17.9 Å². The molecule has 1 saturated carbocycles. The maximum atomic E-state index is 11.9. The summed E-state index contributed by atoms with van der Waals surface area (Å²) in [4.78, 5) is 0. The summed E-state index contributed by atoms with van der Waals surface area (Å²) < 4.78 is 31.4. The van der Waals surface area contributed by atoms with Crippen LogP contribution in [-0.4, -0.2) is 14.5 Å². The van der Waals surface area contributed by atoms with Gasteiger partial charge in [-0.3, -0.25) is 0 Å². The standard InChI is InChI=1S/C10H16N2O3S/c1-7(8-2-3-8)12-16(13,14)10-5-4-9(6-11)15-10/h4-5,7-8,12H,2-3,6,11H2,1H3. The fraction of sp³-hybridized carbons (Fsp3) is 0.600. The maximum Gasteiger partial charge on any atom is 0.274 e. The normalized spacial score (nSPS) is 18.6. The molecule has 1 fully saturated rings. The molecule has 1 aromatic heterocycles. The Balaban J connectivity index is 2.11. The Bertz CT molecular complexity index is 462. The van der Waals surface area contributed by atoms with Gasteiger partial charge < -0.3 is 10.2 Å². The van der Waals surface area contributed by atoms with E-state index in [2.05, 4.69) is 4.72 Å². The van der Waals surface area contributed by atoms with Crippen LogP contribution in [-0.2, 0) is 16.6 Å². The van der Waals surface area contributed by atoms with Crippen LogP contribution in [0.15, 0.2) is 21.6 Å². The zero-order valence-electron chi connectivity index (χ0n) is 9.14. The number of nitrogens with one attached hydrogen (secondary N) is 1. The first kappa shape index (κ1) is 11.6. The summed E-state index contributed by atoms with van der Waals surface area (Å²) in [5.41, 5.74) is 5.36. The predicted molar refractivity (Wildman–Crippen MR) is 59.1 cm³/mol. The second kappa shape index (κ2) is 4.20. The second-order valence-corrected chi connectivity index (χ2v) is 5.82. The molecule has 0 spiro atoms. The minimum atomic E-state index is -3.53. The monoisotopic (exact) mass is 244 g/mol. The van der Waals surface area contributed by atoms with Gasteiger partial charge in [-0.25, -0.2) is 13.1 Å². The van der Waals surface area contributed by atoms with Crippen LogP contribution in [0.3, 0.4) is 0 Å². The zero-order valence-corrected chi connectivity index (χ0v) is 9.96. The molecule has 6 heteroatoms. The van der Waals surface area contributed by atoms with Crippen LogP contribution in [0.25, 0.3) is 0 Å². The van der Waals surface area contributed by atoms with Crippen LogP contribution in [0.5, 0.6) is 0 Å². The van der Waals surface area contributed by atoms with Crippen LogP contribution >= 0.6 is 0 Å². The molecule has 0 amide bonds. The Labute approximate surface area is 95.1 Å².